The lowest BCUT2D eigenvalue weighted by molar-refractivity contribution is 0.303. The van der Waals surface area contributed by atoms with Gasteiger partial charge in [0.25, 0.3) is 0 Å². The Morgan fingerprint density at radius 2 is 1.65 bits per heavy atom. The molecule has 0 spiro atoms. The minimum absolute atomic E-state index is 0.141. The second-order valence-corrected chi connectivity index (χ2v) is 6.16. The maximum absolute atomic E-state index is 11.4. The van der Waals surface area contributed by atoms with E-state index in [-0.39, 0.29) is 4.90 Å². The summed E-state index contributed by atoms with van der Waals surface area (Å²) in [6.45, 7) is 3.99. The Morgan fingerprint density at radius 1 is 1.00 bits per heavy atom. The summed E-state index contributed by atoms with van der Waals surface area (Å²) in [6, 6.07) is 12.9. The van der Waals surface area contributed by atoms with Gasteiger partial charge in [0.2, 0.25) is 10.0 Å². The summed E-state index contributed by atoms with van der Waals surface area (Å²) in [5.74, 6) is 0.666. The van der Waals surface area contributed by atoms with Gasteiger partial charge in [-0.1, -0.05) is 30.3 Å². The fraction of sp³-hybridized carbons (Fsp3) is 0.200. The number of benzene rings is 2. The smallest absolute Gasteiger partial charge is 0.238 e. The zero-order chi connectivity index (χ0) is 14.8. The van der Waals surface area contributed by atoms with Crippen LogP contribution in [0, 0.1) is 13.8 Å². The first-order chi connectivity index (χ1) is 9.39. The molecule has 20 heavy (non-hydrogen) atoms. The van der Waals surface area contributed by atoms with Crippen LogP contribution < -0.4 is 9.88 Å². The summed E-state index contributed by atoms with van der Waals surface area (Å²) in [7, 11) is -3.70. The van der Waals surface area contributed by atoms with Crippen LogP contribution in [0.5, 0.6) is 5.75 Å². The first-order valence-electron chi connectivity index (χ1n) is 6.19. The van der Waals surface area contributed by atoms with Gasteiger partial charge in [0.15, 0.2) is 0 Å². The van der Waals surface area contributed by atoms with Crippen LogP contribution in [0.4, 0.5) is 0 Å². The fourth-order valence-corrected chi connectivity index (χ4v) is 2.81. The molecule has 2 N–H and O–H groups in total. The zero-order valence-corrected chi connectivity index (χ0v) is 12.3. The van der Waals surface area contributed by atoms with Gasteiger partial charge >= 0.3 is 0 Å². The second kappa shape index (κ2) is 5.64. The molecule has 2 rings (SSSR count). The van der Waals surface area contributed by atoms with Crippen LogP contribution in [-0.4, -0.2) is 8.42 Å². The molecule has 0 saturated heterocycles. The molecular weight excluding hydrogens is 274 g/mol. The van der Waals surface area contributed by atoms with Gasteiger partial charge in [-0.05, 0) is 42.7 Å². The third-order valence-corrected chi connectivity index (χ3v) is 4.29. The van der Waals surface area contributed by atoms with Crippen molar-refractivity contribution in [1.82, 2.24) is 0 Å². The van der Waals surface area contributed by atoms with Gasteiger partial charge in [-0.3, -0.25) is 0 Å². The van der Waals surface area contributed by atoms with Crippen molar-refractivity contribution in [1.29, 1.82) is 0 Å². The van der Waals surface area contributed by atoms with Crippen LogP contribution in [0.1, 0.15) is 16.7 Å². The predicted molar refractivity (Wildman–Crippen MR) is 78.1 cm³/mol. The van der Waals surface area contributed by atoms with Crippen LogP contribution in [0.25, 0.3) is 0 Å². The number of sulfonamides is 1. The third kappa shape index (κ3) is 3.18. The first kappa shape index (κ1) is 14.6. The van der Waals surface area contributed by atoms with Gasteiger partial charge in [0.05, 0.1) is 4.90 Å². The molecule has 0 heterocycles. The quantitative estimate of drug-likeness (QED) is 0.941. The van der Waals surface area contributed by atoms with E-state index < -0.39 is 10.0 Å². The summed E-state index contributed by atoms with van der Waals surface area (Å²) in [6.07, 6.45) is 0. The minimum Gasteiger partial charge on any atom is -0.489 e. The van der Waals surface area contributed by atoms with Gasteiger partial charge in [-0.2, -0.15) is 0 Å². The van der Waals surface area contributed by atoms with E-state index in [2.05, 4.69) is 0 Å². The Labute approximate surface area is 119 Å². The highest BCUT2D eigenvalue weighted by molar-refractivity contribution is 7.89. The van der Waals surface area contributed by atoms with E-state index in [4.69, 9.17) is 9.88 Å². The molecule has 0 bridgehead atoms. The van der Waals surface area contributed by atoms with Crippen LogP contribution in [0.2, 0.25) is 0 Å². The van der Waals surface area contributed by atoms with Gasteiger partial charge in [0, 0.05) is 0 Å². The van der Waals surface area contributed by atoms with Crippen molar-refractivity contribution in [3.8, 4) is 5.75 Å². The first-order valence-corrected chi connectivity index (χ1v) is 7.74. The topological polar surface area (TPSA) is 69.4 Å². The average Bonchev–Trinajstić information content (AvgIpc) is 2.40. The largest absolute Gasteiger partial charge is 0.489 e. The Morgan fingerprint density at radius 3 is 2.25 bits per heavy atom. The third-order valence-electron chi connectivity index (χ3n) is 3.23. The molecule has 0 unspecified atom stereocenters. The lowest BCUT2D eigenvalue weighted by Gasteiger charge is -2.13. The van der Waals surface area contributed by atoms with Crippen LogP contribution in [-0.2, 0) is 16.6 Å². The normalized spacial score (nSPS) is 11.3. The molecule has 0 atom stereocenters. The molecule has 4 nitrogen and oxygen atoms in total. The SMILES string of the molecule is Cc1c(OCc2ccccc2)ccc(S(N)(=O)=O)c1C. The standard InChI is InChI=1S/C15H17NO3S/c1-11-12(2)15(20(16,17)18)9-8-14(11)19-10-13-6-4-3-5-7-13/h3-9H,10H2,1-2H3,(H2,16,17,18). The molecular formula is C15H17NO3S. The molecule has 2 aromatic rings. The average molecular weight is 291 g/mol. The van der Waals surface area contributed by atoms with Crippen molar-refractivity contribution in [3.63, 3.8) is 0 Å². The number of rotatable bonds is 4. The number of nitrogens with two attached hydrogens (primary N) is 1. The van der Waals surface area contributed by atoms with E-state index in [0.717, 1.165) is 11.1 Å². The zero-order valence-electron chi connectivity index (χ0n) is 11.5. The van der Waals surface area contributed by atoms with E-state index in [9.17, 15) is 8.42 Å². The molecule has 0 radical (unpaired) electrons. The molecule has 2 aromatic carbocycles. The van der Waals surface area contributed by atoms with Crippen LogP contribution in [0.15, 0.2) is 47.4 Å². The van der Waals surface area contributed by atoms with Crippen molar-refractivity contribution in [3.05, 3.63) is 59.2 Å². The van der Waals surface area contributed by atoms with Crippen molar-refractivity contribution >= 4 is 10.0 Å². The number of ether oxygens (including phenoxy) is 1. The summed E-state index contributed by atoms with van der Waals surface area (Å²) in [4.78, 5) is 0.141. The lowest BCUT2D eigenvalue weighted by atomic mass is 10.1. The van der Waals surface area contributed by atoms with E-state index in [1.807, 2.05) is 37.3 Å². The van der Waals surface area contributed by atoms with Gasteiger partial charge in [0.1, 0.15) is 12.4 Å². The van der Waals surface area contributed by atoms with Gasteiger partial charge in [-0.25, -0.2) is 13.6 Å². The number of primary sulfonamides is 1. The molecule has 0 amide bonds. The molecule has 0 aliphatic heterocycles. The Balaban J connectivity index is 2.25. The van der Waals surface area contributed by atoms with E-state index in [1.165, 1.54) is 6.07 Å². The van der Waals surface area contributed by atoms with Crippen LogP contribution >= 0.6 is 0 Å². The number of hydrogen-bond donors (Lipinski definition) is 1. The van der Waals surface area contributed by atoms with E-state index in [0.29, 0.717) is 17.9 Å². The van der Waals surface area contributed by atoms with Crippen molar-refractivity contribution < 1.29 is 13.2 Å². The van der Waals surface area contributed by atoms with Gasteiger partial charge in [-0.15, -0.1) is 0 Å². The molecule has 0 aromatic heterocycles. The van der Waals surface area contributed by atoms with Crippen molar-refractivity contribution in [2.75, 3.05) is 0 Å². The second-order valence-electron chi connectivity index (χ2n) is 4.63. The lowest BCUT2D eigenvalue weighted by Crippen LogP contribution is -2.14. The highest BCUT2D eigenvalue weighted by Crippen LogP contribution is 2.27. The number of hydrogen-bond acceptors (Lipinski definition) is 3. The molecule has 0 fully saturated rings. The summed E-state index contributed by atoms with van der Waals surface area (Å²) < 4.78 is 28.6. The monoisotopic (exact) mass is 291 g/mol. The summed E-state index contributed by atoms with van der Waals surface area (Å²) in [5, 5.41) is 5.17. The summed E-state index contributed by atoms with van der Waals surface area (Å²) in [5.41, 5.74) is 2.46. The predicted octanol–water partition coefficient (Wildman–Crippen LogP) is 2.53. The highest BCUT2D eigenvalue weighted by Gasteiger charge is 2.15. The van der Waals surface area contributed by atoms with E-state index >= 15 is 0 Å². The fourth-order valence-electron chi connectivity index (χ4n) is 1.97. The van der Waals surface area contributed by atoms with Gasteiger partial charge < -0.3 is 4.74 Å². The Kier molecular flexibility index (Phi) is 4.11. The molecule has 0 aliphatic carbocycles. The van der Waals surface area contributed by atoms with Crippen LogP contribution in [0.3, 0.4) is 0 Å². The Bertz CT molecular complexity index is 709. The Hall–Kier alpha value is -1.85. The molecule has 5 heteroatoms. The van der Waals surface area contributed by atoms with Crippen molar-refractivity contribution in [2.24, 2.45) is 5.14 Å². The maximum Gasteiger partial charge on any atom is 0.238 e. The highest BCUT2D eigenvalue weighted by atomic mass is 32.2. The molecule has 0 saturated carbocycles. The van der Waals surface area contributed by atoms with E-state index in [1.54, 1.807) is 13.0 Å². The molecule has 0 aliphatic rings. The van der Waals surface area contributed by atoms with Crippen molar-refractivity contribution in [2.45, 2.75) is 25.3 Å². The maximum atomic E-state index is 11.4. The molecule has 106 valence electrons. The minimum atomic E-state index is -3.70. The summed E-state index contributed by atoms with van der Waals surface area (Å²) >= 11 is 0.